The molecule has 2 nitrogen and oxygen atoms in total. The van der Waals surface area contributed by atoms with Crippen LogP contribution in [0.15, 0.2) is 18.2 Å². The molecular weight excluding hydrogens is 191 g/mol. The first-order valence-electron chi connectivity index (χ1n) is 5.40. The molecule has 0 saturated carbocycles. The predicted octanol–water partition coefficient (Wildman–Crippen LogP) is 1.93. The number of hydrogen-bond acceptors (Lipinski definition) is 2. The average Bonchev–Trinajstić information content (AvgIpc) is 2.16. The van der Waals surface area contributed by atoms with E-state index in [-0.39, 0.29) is 5.82 Å². The number of rotatable bonds is 1. The number of nitrogens with zero attached hydrogens (tertiary/aromatic N) is 1. The van der Waals surface area contributed by atoms with Gasteiger partial charge in [-0.2, -0.15) is 0 Å². The molecule has 3 heteroatoms. The van der Waals surface area contributed by atoms with Crippen molar-refractivity contribution in [2.45, 2.75) is 19.9 Å². The smallest absolute Gasteiger partial charge is 0.125 e. The zero-order valence-electron chi connectivity index (χ0n) is 9.26. The largest absolute Gasteiger partial charge is 0.369 e. The Bertz CT molecular complexity index is 331. The topological polar surface area (TPSA) is 15.3 Å². The van der Waals surface area contributed by atoms with E-state index in [9.17, 15) is 4.39 Å². The zero-order chi connectivity index (χ0) is 10.8. The second-order valence-corrected chi connectivity index (χ2v) is 4.29. The molecule has 15 heavy (non-hydrogen) atoms. The lowest BCUT2D eigenvalue weighted by atomic mass is 10.1. The van der Waals surface area contributed by atoms with Crippen LogP contribution in [0.25, 0.3) is 0 Å². The van der Waals surface area contributed by atoms with E-state index in [0.29, 0.717) is 6.04 Å². The summed E-state index contributed by atoms with van der Waals surface area (Å²) in [5.41, 5.74) is 1.98. The molecule has 1 aliphatic heterocycles. The molecule has 1 aromatic carbocycles. The van der Waals surface area contributed by atoms with Gasteiger partial charge in [0.25, 0.3) is 0 Å². The molecule has 1 aliphatic rings. The lowest BCUT2D eigenvalue weighted by Crippen LogP contribution is -2.49. The molecule has 0 amide bonds. The SMILES string of the molecule is Cc1cc(F)cc(N2CCNC(C)C2)c1. The Hall–Kier alpha value is -1.09. The highest BCUT2D eigenvalue weighted by molar-refractivity contribution is 5.49. The van der Waals surface area contributed by atoms with Crippen LogP contribution in [0.5, 0.6) is 0 Å². The van der Waals surface area contributed by atoms with Gasteiger partial charge in [-0.3, -0.25) is 0 Å². The number of benzene rings is 1. The highest BCUT2D eigenvalue weighted by Crippen LogP contribution is 2.19. The van der Waals surface area contributed by atoms with E-state index >= 15 is 0 Å². The minimum atomic E-state index is -0.142. The quantitative estimate of drug-likeness (QED) is 0.758. The molecule has 1 N–H and O–H groups in total. The van der Waals surface area contributed by atoms with Gasteiger partial charge in [0.05, 0.1) is 0 Å². The van der Waals surface area contributed by atoms with Crippen molar-refractivity contribution in [3.63, 3.8) is 0 Å². The number of aryl methyl sites for hydroxylation is 1. The van der Waals surface area contributed by atoms with Crippen LogP contribution in [-0.2, 0) is 0 Å². The lowest BCUT2D eigenvalue weighted by Gasteiger charge is -2.33. The Morgan fingerprint density at radius 1 is 1.40 bits per heavy atom. The van der Waals surface area contributed by atoms with Gasteiger partial charge in [0.2, 0.25) is 0 Å². The Morgan fingerprint density at radius 2 is 2.20 bits per heavy atom. The van der Waals surface area contributed by atoms with E-state index in [1.54, 1.807) is 12.1 Å². The summed E-state index contributed by atoms with van der Waals surface area (Å²) in [7, 11) is 0. The monoisotopic (exact) mass is 208 g/mol. The van der Waals surface area contributed by atoms with Crippen LogP contribution >= 0.6 is 0 Å². The first kappa shape index (κ1) is 10.4. The van der Waals surface area contributed by atoms with E-state index in [4.69, 9.17) is 0 Å². The number of anilines is 1. The van der Waals surface area contributed by atoms with Crippen LogP contribution < -0.4 is 10.2 Å². The summed E-state index contributed by atoms with van der Waals surface area (Å²) in [4.78, 5) is 2.23. The molecule has 1 heterocycles. The minimum absolute atomic E-state index is 0.142. The molecule has 2 rings (SSSR count). The molecule has 0 spiro atoms. The second kappa shape index (κ2) is 4.19. The number of nitrogens with one attached hydrogen (secondary N) is 1. The number of hydrogen-bond donors (Lipinski definition) is 1. The van der Waals surface area contributed by atoms with Gasteiger partial charge in [0.15, 0.2) is 0 Å². The summed E-state index contributed by atoms with van der Waals surface area (Å²) in [5.74, 6) is -0.142. The number of halogens is 1. The standard InChI is InChI=1S/C12H17FN2/c1-9-5-11(13)7-12(6-9)15-4-3-14-10(2)8-15/h5-7,10,14H,3-4,8H2,1-2H3. The maximum Gasteiger partial charge on any atom is 0.125 e. The highest BCUT2D eigenvalue weighted by atomic mass is 19.1. The molecule has 1 fully saturated rings. The van der Waals surface area contributed by atoms with Crippen molar-refractivity contribution < 1.29 is 4.39 Å². The van der Waals surface area contributed by atoms with Crippen molar-refractivity contribution in [1.29, 1.82) is 0 Å². The molecule has 0 bridgehead atoms. The Balaban J connectivity index is 2.20. The molecule has 1 aromatic rings. The van der Waals surface area contributed by atoms with Crippen molar-refractivity contribution in [3.8, 4) is 0 Å². The highest BCUT2D eigenvalue weighted by Gasteiger charge is 2.16. The van der Waals surface area contributed by atoms with Gasteiger partial charge in [-0.15, -0.1) is 0 Å². The van der Waals surface area contributed by atoms with Gasteiger partial charge >= 0.3 is 0 Å². The summed E-state index contributed by atoms with van der Waals surface area (Å²) >= 11 is 0. The maximum atomic E-state index is 13.2. The van der Waals surface area contributed by atoms with Gasteiger partial charge < -0.3 is 10.2 Å². The summed E-state index contributed by atoms with van der Waals surface area (Å²) in [6, 6.07) is 5.70. The van der Waals surface area contributed by atoms with Gasteiger partial charge in [-0.05, 0) is 37.6 Å². The fraction of sp³-hybridized carbons (Fsp3) is 0.500. The Labute approximate surface area is 90.1 Å². The van der Waals surface area contributed by atoms with E-state index in [1.165, 1.54) is 0 Å². The molecule has 1 unspecified atom stereocenters. The lowest BCUT2D eigenvalue weighted by molar-refractivity contribution is 0.484. The third-order valence-corrected chi connectivity index (χ3v) is 2.76. The molecule has 0 aromatic heterocycles. The van der Waals surface area contributed by atoms with Gasteiger partial charge in [-0.1, -0.05) is 0 Å². The van der Waals surface area contributed by atoms with Crippen LogP contribution in [0.3, 0.4) is 0 Å². The normalized spacial score (nSPS) is 21.8. The molecule has 1 saturated heterocycles. The fourth-order valence-corrected chi connectivity index (χ4v) is 2.07. The van der Waals surface area contributed by atoms with E-state index in [0.717, 1.165) is 30.9 Å². The molecule has 1 atom stereocenters. The van der Waals surface area contributed by atoms with Crippen LogP contribution in [0.1, 0.15) is 12.5 Å². The van der Waals surface area contributed by atoms with Crippen molar-refractivity contribution >= 4 is 5.69 Å². The van der Waals surface area contributed by atoms with Crippen LogP contribution in [-0.4, -0.2) is 25.7 Å². The summed E-state index contributed by atoms with van der Waals surface area (Å²) in [6.45, 7) is 6.95. The van der Waals surface area contributed by atoms with Gasteiger partial charge in [-0.25, -0.2) is 4.39 Å². The van der Waals surface area contributed by atoms with Crippen molar-refractivity contribution in [3.05, 3.63) is 29.6 Å². The first-order chi connectivity index (χ1) is 7.15. The van der Waals surface area contributed by atoms with E-state index < -0.39 is 0 Å². The number of piperazine rings is 1. The summed E-state index contributed by atoms with van der Waals surface area (Å²) in [5, 5.41) is 3.38. The minimum Gasteiger partial charge on any atom is -0.369 e. The Kier molecular flexibility index (Phi) is 2.91. The average molecular weight is 208 g/mol. The van der Waals surface area contributed by atoms with Gasteiger partial charge in [0, 0.05) is 31.4 Å². The maximum absolute atomic E-state index is 13.2. The second-order valence-electron chi connectivity index (χ2n) is 4.29. The Morgan fingerprint density at radius 3 is 2.87 bits per heavy atom. The van der Waals surface area contributed by atoms with Crippen molar-refractivity contribution in [2.75, 3.05) is 24.5 Å². The van der Waals surface area contributed by atoms with Gasteiger partial charge in [0.1, 0.15) is 5.82 Å². The zero-order valence-corrected chi connectivity index (χ0v) is 9.26. The summed E-state index contributed by atoms with van der Waals surface area (Å²) in [6.07, 6.45) is 0. The molecule has 0 radical (unpaired) electrons. The molecule has 0 aliphatic carbocycles. The first-order valence-corrected chi connectivity index (χ1v) is 5.40. The van der Waals surface area contributed by atoms with E-state index in [1.807, 2.05) is 13.0 Å². The summed E-state index contributed by atoms with van der Waals surface area (Å²) < 4.78 is 13.2. The fourth-order valence-electron chi connectivity index (χ4n) is 2.07. The van der Waals surface area contributed by atoms with E-state index in [2.05, 4.69) is 17.1 Å². The van der Waals surface area contributed by atoms with Crippen LogP contribution in [0, 0.1) is 12.7 Å². The third-order valence-electron chi connectivity index (χ3n) is 2.76. The molecule has 82 valence electrons. The van der Waals surface area contributed by atoms with Crippen molar-refractivity contribution in [1.82, 2.24) is 5.32 Å². The van der Waals surface area contributed by atoms with Crippen molar-refractivity contribution in [2.24, 2.45) is 0 Å². The predicted molar refractivity (Wildman–Crippen MR) is 60.8 cm³/mol. The van der Waals surface area contributed by atoms with Crippen LogP contribution in [0.4, 0.5) is 10.1 Å². The third kappa shape index (κ3) is 2.48. The molecular formula is C12H17FN2. The van der Waals surface area contributed by atoms with Crippen LogP contribution in [0.2, 0.25) is 0 Å².